The highest BCUT2D eigenvalue weighted by Crippen LogP contribution is 2.59. The number of aryl methyl sites for hydroxylation is 1. The van der Waals surface area contributed by atoms with Gasteiger partial charge < -0.3 is 10.2 Å². The molecule has 1 saturated carbocycles. The number of hydrogen-bond donors (Lipinski definition) is 1. The zero-order chi connectivity index (χ0) is 14.3. The molecule has 1 amide bonds. The lowest BCUT2D eigenvalue weighted by atomic mass is 9.91. The van der Waals surface area contributed by atoms with Crippen molar-refractivity contribution in [2.24, 2.45) is 11.3 Å². The fourth-order valence-electron chi connectivity index (χ4n) is 4.28. The van der Waals surface area contributed by atoms with E-state index in [2.05, 4.69) is 34.5 Å². The summed E-state index contributed by atoms with van der Waals surface area (Å²) in [7, 11) is 0. The van der Waals surface area contributed by atoms with Crippen LogP contribution in [0.2, 0.25) is 0 Å². The number of hydrogen-bond acceptors (Lipinski definition) is 2. The van der Waals surface area contributed by atoms with Gasteiger partial charge in [-0.25, -0.2) is 0 Å². The molecule has 2 fully saturated rings. The maximum atomic E-state index is 12.9. The third kappa shape index (κ3) is 2.38. The van der Waals surface area contributed by atoms with Crippen LogP contribution in [0.3, 0.4) is 0 Å². The highest BCUT2D eigenvalue weighted by atomic mass is 16.2. The Hall–Kier alpha value is -1.35. The van der Waals surface area contributed by atoms with Gasteiger partial charge in [-0.3, -0.25) is 4.79 Å². The van der Waals surface area contributed by atoms with Crippen molar-refractivity contribution in [3.8, 4) is 0 Å². The molecule has 2 heterocycles. The second-order valence-corrected chi connectivity index (χ2v) is 7.00. The van der Waals surface area contributed by atoms with E-state index in [4.69, 9.17) is 0 Å². The quantitative estimate of drug-likeness (QED) is 0.858. The molecule has 3 heteroatoms. The minimum Gasteiger partial charge on any atom is -0.338 e. The number of nitrogens with zero attached hydrogens (tertiary/aromatic N) is 1. The summed E-state index contributed by atoms with van der Waals surface area (Å²) in [6.45, 7) is 3.93. The lowest BCUT2D eigenvalue weighted by Crippen LogP contribution is -2.36. The highest BCUT2D eigenvalue weighted by Gasteiger charge is 2.58. The van der Waals surface area contributed by atoms with Crippen LogP contribution in [0.4, 0.5) is 0 Å². The molecule has 21 heavy (non-hydrogen) atoms. The average molecular weight is 284 g/mol. The largest absolute Gasteiger partial charge is 0.338 e. The van der Waals surface area contributed by atoms with Gasteiger partial charge in [-0.1, -0.05) is 24.3 Å². The lowest BCUT2D eigenvalue weighted by Gasteiger charge is -2.26. The van der Waals surface area contributed by atoms with Crippen molar-refractivity contribution in [1.29, 1.82) is 0 Å². The molecule has 0 aromatic heterocycles. The molecule has 0 radical (unpaired) electrons. The van der Waals surface area contributed by atoms with Crippen LogP contribution >= 0.6 is 0 Å². The van der Waals surface area contributed by atoms with E-state index in [0.29, 0.717) is 17.2 Å². The van der Waals surface area contributed by atoms with E-state index in [1.54, 1.807) is 0 Å². The SMILES string of the molecule is O=C(C1CC12CCNCC2)N1CCCc2ccccc2C1. The van der Waals surface area contributed by atoms with Crippen molar-refractivity contribution in [3.63, 3.8) is 0 Å². The van der Waals surface area contributed by atoms with Crippen molar-refractivity contribution in [1.82, 2.24) is 10.2 Å². The minimum atomic E-state index is 0.310. The fourth-order valence-corrected chi connectivity index (χ4v) is 4.28. The molecule has 1 unspecified atom stereocenters. The first-order valence-corrected chi connectivity index (χ1v) is 8.35. The highest BCUT2D eigenvalue weighted by molar-refractivity contribution is 5.83. The van der Waals surface area contributed by atoms with Gasteiger partial charge in [0.15, 0.2) is 0 Å². The van der Waals surface area contributed by atoms with E-state index in [1.807, 2.05) is 0 Å². The number of rotatable bonds is 1. The molecule has 2 aliphatic heterocycles. The van der Waals surface area contributed by atoms with E-state index in [0.717, 1.165) is 45.4 Å². The molecule has 1 spiro atoms. The predicted molar refractivity (Wildman–Crippen MR) is 82.8 cm³/mol. The Morgan fingerprint density at radius 1 is 1.19 bits per heavy atom. The Labute approximate surface area is 126 Å². The first kappa shape index (κ1) is 13.3. The van der Waals surface area contributed by atoms with Crippen LogP contribution < -0.4 is 5.32 Å². The van der Waals surface area contributed by atoms with Crippen LogP contribution in [-0.2, 0) is 17.8 Å². The van der Waals surface area contributed by atoms with Crippen molar-refractivity contribution >= 4 is 5.91 Å². The fraction of sp³-hybridized carbons (Fsp3) is 0.611. The Bertz CT molecular complexity index is 548. The number of nitrogens with one attached hydrogen (secondary N) is 1. The number of benzene rings is 1. The maximum absolute atomic E-state index is 12.9. The van der Waals surface area contributed by atoms with E-state index in [-0.39, 0.29) is 0 Å². The predicted octanol–water partition coefficient (Wildman–Crippen LogP) is 2.35. The number of carbonyl (C=O) groups excluding carboxylic acids is 1. The normalized spacial score (nSPS) is 27.0. The third-order valence-corrected chi connectivity index (χ3v) is 5.75. The van der Waals surface area contributed by atoms with Gasteiger partial charge in [0, 0.05) is 19.0 Å². The van der Waals surface area contributed by atoms with Crippen molar-refractivity contribution in [2.75, 3.05) is 19.6 Å². The lowest BCUT2D eigenvalue weighted by molar-refractivity contribution is -0.134. The summed E-state index contributed by atoms with van der Waals surface area (Å²) in [4.78, 5) is 15.0. The zero-order valence-corrected chi connectivity index (χ0v) is 12.6. The van der Waals surface area contributed by atoms with Gasteiger partial charge in [-0.05, 0) is 61.7 Å². The number of fused-ring (bicyclic) bond motifs is 1. The van der Waals surface area contributed by atoms with Gasteiger partial charge in [-0.2, -0.15) is 0 Å². The standard InChI is InChI=1S/C18H24N2O/c21-17(16-12-18(16)7-9-19-10-8-18)20-11-3-6-14-4-1-2-5-15(14)13-20/h1-2,4-5,16,19H,3,6-13H2. The first-order valence-electron chi connectivity index (χ1n) is 8.35. The van der Waals surface area contributed by atoms with E-state index >= 15 is 0 Å². The van der Waals surface area contributed by atoms with Gasteiger partial charge in [0.1, 0.15) is 0 Å². The summed E-state index contributed by atoms with van der Waals surface area (Å²) in [6.07, 6.45) is 5.72. The summed E-state index contributed by atoms with van der Waals surface area (Å²) in [6, 6.07) is 8.61. The molecule has 1 aromatic rings. The van der Waals surface area contributed by atoms with E-state index < -0.39 is 0 Å². The zero-order valence-electron chi connectivity index (χ0n) is 12.6. The van der Waals surface area contributed by atoms with Gasteiger partial charge in [0.25, 0.3) is 0 Å². The van der Waals surface area contributed by atoms with Crippen LogP contribution in [0.1, 0.15) is 36.8 Å². The first-order chi connectivity index (χ1) is 10.3. The Balaban J connectivity index is 1.48. The summed E-state index contributed by atoms with van der Waals surface area (Å²) >= 11 is 0. The van der Waals surface area contributed by atoms with Gasteiger partial charge in [0.05, 0.1) is 0 Å². The molecule has 0 bridgehead atoms. The molecule has 3 nitrogen and oxygen atoms in total. The summed E-state index contributed by atoms with van der Waals surface area (Å²) < 4.78 is 0. The second kappa shape index (κ2) is 5.13. The molecule has 4 rings (SSSR count). The topological polar surface area (TPSA) is 32.3 Å². The smallest absolute Gasteiger partial charge is 0.226 e. The van der Waals surface area contributed by atoms with E-state index in [9.17, 15) is 4.79 Å². The molecule has 1 aliphatic carbocycles. The van der Waals surface area contributed by atoms with Crippen molar-refractivity contribution < 1.29 is 4.79 Å². The van der Waals surface area contributed by atoms with Gasteiger partial charge in [-0.15, -0.1) is 0 Å². The molecule has 1 saturated heterocycles. The minimum absolute atomic E-state index is 0.310. The van der Waals surface area contributed by atoms with Crippen molar-refractivity contribution in [2.45, 2.75) is 38.6 Å². The Kier molecular flexibility index (Phi) is 3.26. The summed E-state index contributed by atoms with van der Waals surface area (Å²) in [5, 5.41) is 3.42. The molecule has 3 aliphatic rings. The average Bonchev–Trinajstić information content (AvgIpc) is 3.25. The number of carbonyl (C=O) groups is 1. The summed E-state index contributed by atoms with van der Waals surface area (Å²) in [5.74, 6) is 0.735. The van der Waals surface area contributed by atoms with E-state index in [1.165, 1.54) is 24.0 Å². The second-order valence-electron chi connectivity index (χ2n) is 7.00. The Morgan fingerprint density at radius 3 is 2.76 bits per heavy atom. The third-order valence-electron chi connectivity index (χ3n) is 5.75. The van der Waals surface area contributed by atoms with Crippen molar-refractivity contribution in [3.05, 3.63) is 35.4 Å². The Morgan fingerprint density at radius 2 is 1.95 bits per heavy atom. The van der Waals surface area contributed by atoms with Gasteiger partial charge in [0.2, 0.25) is 5.91 Å². The van der Waals surface area contributed by atoms with Crippen LogP contribution in [0.15, 0.2) is 24.3 Å². The molecule has 1 aromatic carbocycles. The molecule has 1 N–H and O–H groups in total. The number of amides is 1. The van der Waals surface area contributed by atoms with Crippen LogP contribution in [0.5, 0.6) is 0 Å². The molecular formula is C18H24N2O. The summed E-state index contributed by atoms with van der Waals surface area (Å²) in [5.41, 5.74) is 3.14. The maximum Gasteiger partial charge on any atom is 0.226 e. The monoisotopic (exact) mass is 284 g/mol. The van der Waals surface area contributed by atoms with Crippen LogP contribution in [-0.4, -0.2) is 30.4 Å². The molecule has 112 valence electrons. The number of piperidine rings is 1. The van der Waals surface area contributed by atoms with Crippen LogP contribution in [0.25, 0.3) is 0 Å². The van der Waals surface area contributed by atoms with Gasteiger partial charge >= 0.3 is 0 Å². The molecular weight excluding hydrogens is 260 g/mol. The van der Waals surface area contributed by atoms with Crippen LogP contribution in [0, 0.1) is 11.3 Å². The molecule has 1 atom stereocenters.